The van der Waals surface area contributed by atoms with E-state index in [2.05, 4.69) is 4.72 Å². The molecule has 0 radical (unpaired) electrons. The Balaban J connectivity index is 2.19. The van der Waals surface area contributed by atoms with Crippen LogP contribution < -0.4 is 4.72 Å². The summed E-state index contributed by atoms with van der Waals surface area (Å²) in [6, 6.07) is 3.74. The van der Waals surface area contributed by atoms with Gasteiger partial charge in [0.05, 0.1) is 15.9 Å². The van der Waals surface area contributed by atoms with E-state index in [-0.39, 0.29) is 23.0 Å². The van der Waals surface area contributed by atoms with E-state index in [9.17, 15) is 23.6 Å². The molecule has 1 saturated carbocycles. The van der Waals surface area contributed by atoms with Crippen LogP contribution in [0, 0.1) is 23.0 Å². The second kappa shape index (κ2) is 6.08. The van der Waals surface area contributed by atoms with Gasteiger partial charge < -0.3 is 5.11 Å². The molecule has 0 heterocycles. The number of aryl methyl sites for hydroxylation is 1. The van der Waals surface area contributed by atoms with E-state index in [0.717, 1.165) is 18.9 Å². The predicted octanol–water partition coefficient (Wildman–Crippen LogP) is 1.34. The molecule has 2 N–H and O–H groups in total. The van der Waals surface area contributed by atoms with Crippen molar-refractivity contribution in [3.8, 4) is 0 Å². The maximum absolute atomic E-state index is 12.3. The molecule has 1 aromatic rings. The number of aliphatic hydroxyl groups is 1. The summed E-state index contributed by atoms with van der Waals surface area (Å²) in [4.78, 5) is 10.0. The Bertz CT molecular complexity index is 644. The molecule has 1 aliphatic carbocycles. The van der Waals surface area contributed by atoms with Gasteiger partial charge in [0.1, 0.15) is 0 Å². The number of hydrogen-bond donors (Lipinski definition) is 2. The summed E-state index contributed by atoms with van der Waals surface area (Å²) in [5.74, 6) is -0.0984. The minimum Gasteiger partial charge on any atom is -0.393 e. The topological polar surface area (TPSA) is 110 Å². The van der Waals surface area contributed by atoms with Gasteiger partial charge in [0.2, 0.25) is 10.0 Å². The number of aliphatic hydroxyl groups excluding tert-OH is 1. The van der Waals surface area contributed by atoms with E-state index in [0.29, 0.717) is 12.0 Å². The average molecular weight is 314 g/mol. The number of nitro groups is 1. The molecular weight excluding hydrogens is 296 g/mol. The van der Waals surface area contributed by atoms with Crippen molar-refractivity contribution in [2.24, 2.45) is 5.92 Å². The van der Waals surface area contributed by atoms with Gasteiger partial charge in [-0.3, -0.25) is 10.1 Å². The van der Waals surface area contributed by atoms with Gasteiger partial charge in [-0.05, 0) is 31.2 Å². The van der Waals surface area contributed by atoms with Crippen LogP contribution in [0.2, 0.25) is 0 Å². The first-order valence-electron chi connectivity index (χ1n) is 6.74. The van der Waals surface area contributed by atoms with E-state index in [1.165, 1.54) is 12.1 Å². The van der Waals surface area contributed by atoms with Crippen LogP contribution >= 0.6 is 0 Å². The molecule has 1 aliphatic rings. The van der Waals surface area contributed by atoms with Crippen molar-refractivity contribution < 1.29 is 18.4 Å². The zero-order valence-corrected chi connectivity index (χ0v) is 12.5. The van der Waals surface area contributed by atoms with Gasteiger partial charge >= 0.3 is 0 Å². The Kier molecular flexibility index (Phi) is 4.60. The zero-order valence-electron chi connectivity index (χ0n) is 11.7. The monoisotopic (exact) mass is 314 g/mol. The number of sulfonamides is 1. The van der Waals surface area contributed by atoms with Crippen LogP contribution in [0.25, 0.3) is 0 Å². The highest BCUT2D eigenvalue weighted by Gasteiger charge is 2.28. The van der Waals surface area contributed by atoms with Gasteiger partial charge in [-0.2, -0.15) is 0 Å². The fourth-order valence-electron chi connectivity index (χ4n) is 2.54. The lowest BCUT2D eigenvalue weighted by Gasteiger charge is -2.16. The van der Waals surface area contributed by atoms with E-state index >= 15 is 0 Å². The van der Waals surface area contributed by atoms with Crippen molar-refractivity contribution in [1.82, 2.24) is 4.72 Å². The lowest BCUT2D eigenvalue weighted by atomic mass is 10.1. The first kappa shape index (κ1) is 15.9. The zero-order chi connectivity index (χ0) is 15.6. The SMILES string of the molecule is Cc1ccc([N+](=O)[O-])cc1S(=O)(=O)NCC1CCCC1O. The van der Waals surface area contributed by atoms with Crippen LogP contribution in [-0.4, -0.2) is 31.1 Å². The Morgan fingerprint density at radius 2 is 2.14 bits per heavy atom. The smallest absolute Gasteiger partial charge is 0.270 e. The van der Waals surface area contributed by atoms with Gasteiger partial charge in [0.25, 0.3) is 5.69 Å². The fraction of sp³-hybridized carbons (Fsp3) is 0.538. The molecule has 21 heavy (non-hydrogen) atoms. The molecule has 0 bridgehead atoms. The molecule has 7 nitrogen and oxygen atoms in total. The van der Waals surface area contributed by atoms with E-state index < -0.39 is 21.1 Å². The normalized spacial score (nSPS) is 22.4. The highest BCUT2D eigenvalue weighted by Crippen LogP contribution is 2.26. The second-order valence-electron chi connectivity index (χ2n) is 5.32. The molecule has 0 amide bonds. The summed E-state index contributed by atoms with van der Waals surface area (Å²) >= 11 is 0. The molecule has 0 saturated heterocycles. The lowest BCUT2D eigenvalue weighted by molar-refractivity contribution is -0.385. The molecule has 2 unspecified atom stereocenters. The molecule has 0 aliphatic heterocycles. The van der Waals surface area contributed by atoms with Gasteiger partial charge in [-0.1, -0.05) is 12.5 Å². The van der Waals surface area contributed by atoms with Gasteiger partial charge in [-0.25, -0.2) is 13.1 Å². The van der Waals surface area contributed by atoms with Crippen molar-refractivity contribution in [1.29, 1.82) is 0 Å². The molecule has 2 atom stereocenters. The number of nitrogens with zero attached hydrogens (tertiary/aromatic N) is 1. The van der Waals surface area contributed by atoms with Gasteiger partial charge in [-0.15, -0.1) is 0 Å². The van der Waals surface area contributed by atoms with E-state index in [4.69, 9.17) is 0 Å². The summed E-state index contributed by atoms with van der Waals surface area (Å²) in [6.45, 7) is 1.73. The summed E-state index contributed by atoms with van der Waals surface area (Å²) in [5, 5.41) is 20.5. The van der Waals surface area contributed by atoms with Crippen LogP contribution in [-0.2, 0) is 10.0 Å². The Morgan fingerprint density at radius 3 is 2.71 bits per heavy atom. The highest BCUT2D eigenvalue weighted by atomic mass is 32.2. The van der Waals surface area contributed by atoms with Crippen LogP contribution in [0.15, 0.2) is 23.1 Å². The van der Waals surface area contributed by atoms with Crippen LogP contribution in [0.3, 0.4) is 0 Å². The third-order valence-electron chi connectivity index (χ3n) is 3.83. The molecule has 2 rings (SSSR count). The Morgan fingerprint density at radius 1 is 1.43 bits per heavy atom. The Labute approximate surface area is 123 Å². The number of nitrogens with one attached hydrogen (secondary N) is 1. The summed E-state index contributed by atoms with van der Waals surface area (Å²) in [7, 11) is -3.82. The second-order valence-corrected chi connectivity index (χ2v) is 7.05. The minimum atomic E-state index is -3.82. The number of non-ortho nitro benzene ring substituents is 1. The van der Waals surface area contributed by atoms with E-state index in [1.54, 1.807) is 6.92 Å². The van der Waals surface area contributed by atoms with Gasteiger partial charge in [0, 0.05) is 18.7 Å². The first-order valence-corrected chi connectivity index (χ1v) is 8.22. The van der Waals surface area contributed by atoms with Crippen molar-refractivity contribution in [3.63, 3.8) is 0 Å². The molecule has 116 valence electrons. The molecule has 0 aromatic heterocycles. The van der Waals surface area contributed by atoms with Crippen LogP contribution in [0.1, 0.15) is 24.8 Å². The quantitative estimate of drug-likeness (QED) is 0.629. The predicted molar refractivity (Wildman–Crippen MR) is 76.4 cm³/mol. The van der Waals surface area contributed by atoms with Crippen molar-refractivity contribution >= 4 is 15.7 Å². The average Bonchev–Trinajstić information content (AvgIpc) is 2.82. The lowest BCUT2D eigenvalue weighted by Crippen LogP contribution is -2.32. The van der Waals surface area contributed by atoms with Crippen molar-refractivity contribution in [2.45, 2.75) is 37.2 Å². The van der Waals surface area contributed by atoms with Crippen molar-refractivity contribution in [2.75, 3.05) is 6.54 Å². The third kappa shape index (κ3) is 3.58. The maximum atomic E-state index is 12.3. The molecule has 8 heteroatoms. The standard InChI is InChI=1S/C13H18N2O5S/c1-9-5-6-11(15(17)18)7-13(9)21(19,20)14-8-10-3-2-4-12(10)16/h5-7,10,12,14,16H,2-4,8H2,1H3. The number of benzene rings is 1. The minimum absolute atomic E-state index is 0.0933. The summed E-state index contributed by atoms with van der Waals surface area (Å²) < 4.78 is 27.0. The van der Waals surface area contributed by atoms with Crippen molar-refractivity contribution in [3.05, 3.63) is 33.9 Å². The van der Waals surface area contributed by atoms with Gasteiger partial charge in [0.15, 0.2) is 0 Å². The first-order chi connectivity index (χ1) is 9.81. The number of rotatable bonds is 5. The highest BCUT2D eigenvalue weighted by molar-refractivity contribution is 7.89. The molecule has 0 spiro atoms. The maximum Gasteiger partial charge on any atom is 0.270 e. The summed E-state index contributed by atoms with van der Waals surface area (Å²) in [5.41, 5.74) is 0.182. The van der Waals surface area contributed by atoms with Crippen LogP contribution in [0.5, 0.6) is 0 Å². The number of nitro benzene ring substituents is 1. The largest absolute Gasteiger partial charge is 0.393 e. The number of hydrogen-bond acceptors (Lipinski definition) is 5. The summed E-state index contributed by atoms with van der Waals surface area (Å²) in [6.07, 6.45) is 1.85. The van der Waals surface area contributed by atoms with Crippen LogP contribution in [0.4, 0.5) is 5.69 Å². The third-order valence-corrected chi connectivity index (χ3v) is 5.39. The fourth-order valence-corrected chi connectivity index (χ4v) is 3.90. The molecule has 1 aromatic carbocycles. The molecule has 1 fully saturated rings. The van der Waals surface area contributed by atoms with E-state index in [1.807, 2.05) is 0 Å². The Hall–Kier alpha value is -1.51. The molecular formula is C13H18N2O5S.